The molecule has 0 aliphatic heterocycles. The van der Waals surface area contributed by atoms with Crippen molar-refractivity contribution < 1.29 is 0 Å². The topological polar surface area (TPSA) is 26.0 Å². The first-order valence-corrected chi connectivity index (χ1v) is 7.93. The molecule has 0 radical (unpaired) electrons. The van der Waals surface area contributed by atoms with Gasteiger partial charge in [-0.1, -0.05) is 24.6 Å². The minimum Gasteiger partial charge on any atom is -0.327 e. The fraction of sp³-hybridized carbons (Fsp3) is 0.500. The van der Waals surface area contributed by atoms with E-state index in [-0.39, 0.29) is 0 Å². The first-order valence-electron chi connectivity index (χ1n) is 7.05. The second-order valence-corrected chi connectivity index (χ2v) is 6.87. The Bertz CT molecular complexity index is 563. The van der Waals surface area contributed by atoms with E-state index in [0.29, 0.717) is 6.04 Å². The van der Waals surface area contributed by atoms with Crippen LogP contribution in [0.4, 0.5) is 0 Å². The minimum atomic E-state index is 0.387. The molecule has 2 N–H and O–H groups in total. The standard InChI is InChI=1S/C16H19NS/c17-14(16-12-5-3-6-13(12)16)8-10-9-18-15-7-2-1-4-11(10)15/h1-2,4,7,9,12-14,16H,3,5-6,8,17H2. The van der Waals surface area contributed by atoms with Crippen molar-refractivity contribution in [3.63, 3.8) is 0 Å². The number of hydrogen-bond donors (Lipinski definition) is 1. The van der Waals surface area contributed by atoms with Crippen molar-refractivity contribution in [2.45, 2.75) is 31.7 Å². The lowest BCUT2D eigenvalue weighted by Gasteiger charge is -2.13. The van der Waals surface area contributed by atoms with E-state index in [1.54, 1.807) is 0 Å². The molecule has 3 unspecified atom stereocenters. The van der Waals surface area contributed by atoms with Gasteiger partial charge in [-0.3, -0.25) is 0 Å². The van der Waals surface area contributed by atoms with Crippen molar-refractivity contribution in [1.82, 2.24) is 0 Å². The third-order valence-corrected chi connectivity index (χ3v) is 6.00. The van der Waals surface area contributed by atoms with Crippen LogP contribution in [-0.2, 0) is 6.42 Å². The summed E-state index contributed by atoms with van der Waals surface area (Å²) < 4.78 is 1.40. The molecule has 0 saturated heterocycles. The number of hydrogen-bond acceptors (Lipinski definition) is 2. The number of rotatable bonds is 3. The molecule has 1 nitrogen and oxygen atoms in total. The molecule has 1 aromatic heterocycles. The van der Waals surface area contributed by atoms with E-state index in [1.807, 2.05) is 11.3 Å². The molecule has 4 rings (SSSR count). The zero-order chi connectivity index (χ0) is 12.1. The summed E-state index contributed by atoms with van der Waals surface area (Å²) in [4.78, 5) is 0. The smallest absolute Gasteiger partial charge is 0.0345 e. The Morgan fingerprint density at radius 3 is 2.83 bits per heavy atom. The molecule has 1 aromatic carbocycles. The summed E-state index contributed by atoms with van der Waals surface area (Å²) in [6, 6.07) is 9.09. The predicted molar refractivity (Wildman–Crippen MR) is 77.8 cm³/mol. The molecule has 2 saturated carbocycles. The van der Waals surface area contributed by atoms with Crippen LogP contribution >= 0.6 is 11.3 Å². The van der Waals surface area contributed by atoms with Crippen LogP contribution in [0.25, 0.3) is 10.1 Å². The Morgan fingerprint density at radius 1 is 1.22 bits per heavy atom. The van der Waals surface area contributed by atoms with Crippen LogP contribution in [0.15, 0.2) is 29.6 Å². The lowest BCUT2D eigenvalue weighted by atomic mass is 9.98. The molecule has 2 aliphatic rings. The Kier molecular flexibility index (Phi) is 2.49. The minimum absolute atomic E-state index is 0.387. The molecule has 2 fully saturated rings. The van der Waals surface area contributed by atoms with E-state index >= 15 is 0 Å². The number of fused-ring (bicyclic) bond motifs is 2. The average molecular weight is 257 g/mol. The van der Waals surface area contributed by atoms with Gasteiger partial charge in [0, 0.05) is 10.7 Å². The van der Waals surface area contributed by atoms with Gasteiger partial charge in [0.2, 0.25) is 0 Å². The molecule has 2 aromatic rings. The maximum atomic E-state index is 6.46. The highest BCUT2D eigenvalue weighted by Gasteiger charge is 2.54. The van der Waals surface area contributed by atoms with Gasteiger partial charge in [0.25, 0.3) is 0 Å². The molecule has 3 atom stereocenters. The van der Waals surface area contributed by atoms with Gasteiger partial charge in [-0.15, -0.1) is 11.3 Å². The predicted octanol–water partition coefficient (Wildman–Crippen LogP) is 3.82. The third kappa shape index (κ3) is 1.63. The molecule has 1 heterocycles. The van der Waals surface area contributed by atoms with Crippen LogP contribution in [-0.4, -0.2) is 6.04 Å². The van der Waals surface area contributed by atoms with Crippen LogP contribution in [0.2, 0.25) is 0 Å². The summed E-state index contributed by atoms with van der Waals surface area (Å²) in [6.45, 7) is 0. The lowest BCUT2D eigenvalue weighted by Crippen LogP contribution is -2.27. The fourth-order valence-corrected chi connectivity index (χ4v) is 5.07. The third-order valence-electron chi connectivity index (χ3n) is 4.98. The SMILES string of the molecule is NC(Cc1csc2ccccc12)C1C2CCCC21. The zero-order valence-electron chi connectivity index (χ0n) is 10.5. The summed E-state index contributed by atoms with van der Waals surface area (Å²) in [5, 5.41) is 3.73. The van der Waals surface area contributed by atoms with Crippen LogP contribution in [0.3, 0.4) is 0 Å². The van der Waals surface area contributed by atoms with Gasteiger partial charge in [0.05, 0.1) is 0 Å². The molecular weight excluding hydrogens is 238 g/mol. The molecule has 0 bridgehead atoms. The largest absolute Gasteiger partial charge is 0.327 e. The second-order valence-electron chi connectivity index (χ2n) is 5.96. The maximum Gasteiger partial charge on any atom is 0.0345 e. The highest BCUT2D eigenvalue weighted by atomic mass is 32.1. The zero-order valence-corrected chi connectivity index (χ0v) is 11.3. The molecule has 0 spiro atoms. The number of nitrogens with two attached hydrogens (primary N) is 1. The Labute approximate surface area is 112 Å². The van der Waals surface area contributed by atoms with E-state index in [4.69, 9.17) is 5.73 Å². The van der Waals surface area contributed by atoms with Gasteiger partial charge < -0.3 is 5.73 Å². The normalized spacial score (nSPS) is 31.5. The molecule has 18 heavy (non-hydrogen) atoms. The van der Waals surface area contributed by atoms with Gasteiger partial charge in [0.1, 0.15) is 0 Å². The molecule has 94 valence electrons. The summed E-state index contributed by atoms with van der Waals surface area (Å²) >= 11 is 1.85. The quantitative estimate of drug-likeness (QED) is 0.889. The van der Waals surface area contributed by atoms with Gasteiger partial charge >= 0.3 is 0 Å². The number of thiophene rings is 1. The van der Waals surface area contributed by atoms with Gasteiger partial charge in [0.15, 0.2) is 0 Å². The van der Waals surface area contributed by atoms with Crippen molar-refractivity contribution in [3.05, 3.63) is 35.2 Å². The van der Waals surface area contributed by atoms with Crippen molar-refractivity contribution in [3.8, 4) is 0 Å². The summed E-state index contributed by atoms with van der Waals surface area (Å²) in [5.41, 5.74) is 7.92. The van der Waals surface area contributed by atoms with E-state index in [2.05, 4.69) is 29.6 Å². The van der Waals surface area contributed by atoms with Crippen molar-refractivity contribution >= 4 is 21.4 Å². The first kappa shape index (κ1) is 11.0. The Balaban J connectivity index is 1.54. The summed E-state index contributed by atoms with van der Waals surface area (Å²) in [5.74, 6) is 2.78. The fourth-order valence-electron chi connectivity index (χ4n) is 4.09. The van der Waals surface area contributed by atoms with Gasteiger partial charge in [-0.2, -0.15) is 0 Å². The molecule has 2 heteroatoms. The second kappa shape index (κ2) is 4.07. The van der Waals surface area contributed by atoms with Crippen LogP contribution < -0.4 is 5.73 Å². The highest BCUT2D eigenvalue weighted by molar-refractivity contribution is 7.17. The Hall–Kier alpha value is -0.860. The summed E-state index contributed by atoms with van der Waals surface area (Å²) in [7, 11) is 0. The van der Waals surface area contributed by atoms with Gasteiger partial charge in [-0.05, 0) is 59.4 Å². The van der Waals surface area contributed by atoms with Crippen LogP contribution in [0.1, 0.15) is 24.8 Å². The van der Waals surface area contributed by atoms with E-state index in [9.17, 15) is 0 Å². The Morgan fingerprint density at radius 2 is 2.00 bits per heavy atom. The van der Waals surface area contributed by atoms with Crippen molar-refractivity contribution in [1.29, 1.82) is 0 Å². The van der Waals surface area contributed by atoms with Crippen LogP contribution in [0, 0.1) is 17.8 Å². The van der Waals surface area contributed by atoms with E-state index in [1.165, 1.54) is 34.9 Å². The summed E-state index contributed by atoms with van der Waals surface area (Å²) in [6.07, 6.45) is 5.39. The number of benzene rings is 1. The monoisotopic (exact) mass is 257 g/mol. The van der Waals surface area contributed by atoms with Crippen LogP contribution in [0.5, 0.6) is 0 Å². The maximum absolute atomic E-state index is 6.46. The molecular formula is C16H19NS. The van der Waals surface area contributed by atoms with Crippen molar-refractivity contribution in [2.75, 3.05) is 0 Å². The van der Waals surface area contributed by atoms with Gasteiger partial charge in [-0.25, -0.2) is 0 Å². The first-order chi connectivity index (χ1) is 8.84. The molecule has 2 aliphatic carbocycles. The van der Waals surface area contributed by atoms with Crippen molar-refractivity contribution in [2.24, 2.45) is 23.5 Å². The average Bonchev–Trinajstić information content (AvgIpc) is 2.78. The lowest BCUT2D eigenvalue weighted by molar-refractivity contribution is 0.485. The van der Waals surface area contributed by atoms with E-state index in [0.717, 1.165) is 24.2 Å². The highest BCUT2D eigenvalue weighted by Crippen LogP contribution is 2.59. The van der Waals surface area contributed by atoms with E-state index < -0.39 is 0 Å². The molecule has 0 amide bonds.